The van der Waals surface area contributed by atoms with E-state index in [2.05, 4.69) is 0 Å². The molecule has 1 aromatic rings. The fraction of sp³-hybridized carbons (Fsp3) is 0.667. The number of sulfonamides is 1. The van der Waals surface area contributed by atoms with Crippen molar-refractivity contribution in [3.8, 4) is 0 Å². The smallest absolute Gasteiger partial charge is 0.399 e. The Morgan fingerprint density at radius 3 is 1.84 bits per heavy atom. The van der Waals surface area contributed by atoms with Gasteiger partial charge in [0.15, 0.2) is 0 Å². The summed E-state index contributed by atoms with van der Waals surface area (Å²) in [5.41, 5.74) is 0.0246. The molecule has 0 aliphatic carbocycles. The number of benzene rings is 1. The third-order valence-corrected chi connectivity index (χ3v) is 7.52. The standard InChI is InChI=1S/C18H28BNO4S/c1-17(2)18(3,4)24-19(23-17)15-9-11-16(12-10-15)25(21,22)20-13-7-5-6-8-14-20/h9-12H,5-8,13-14H2,1-4H3. The molecule has 0 aromatic heterocycles. The third-order valence-electron chi connectivity index (χ3n) is 5.61. The van der Waals surface area contributed by atoms with Gasteiger partial charge in [0.1, 0.15) is 0 Å². The third kappa shape index (κ3) is 3.65. The predicted octanol–water partition coefficient (Wildman–Crippen LogP) is 2.55. The summed E-state index contributed by atoms with van der Waals surface area (Å²) in [6.07, 6.45) is 4.08. The summed E-state index contributed by atoms with van der Waals surface area (Å²) in [7, 11) is -3.89. The molecule has 0 N–H and O–H groups in total. The first-order valence-corrected chi connectivity index (χ1v) is 10.5. The van der Waals surface area contributed by atoms with Crippen LogP contribution >= 0.6 is 0 Å². The van der Waals surface area contributed by atoms with Crippen molar-refractivity contribution in [2.75, 3.05) is 13.1 Å². The maximum absolute atomic E-state index is 12.8. The number of hydrogen-bond donors (Lipinski definition) is 0. The van der Waals surface area contributed by atoms with Crippen LogP contribution in [0.1, 0.15) is 53.4 Å². The minimum atomic E-state index is -3.42. The fourth-order valence-corrected chi connectivity index (χ4v) is 4.72. The average molecular weight is 365 g/mol. The van der Waals surface area contributed by atoms with E-state index >= 15 is 0 Å². The highest BCUT2D eigenvalue weighted by Crippen LogP contribution is 2.36. The first kappa shape index (κ1) is 18.9. The van der Waals surface area contributed by atoms with Crippen LogP contribution in [0.25, 0.3) is 0 Å². The summed E-state index contributed by atoms with van der Waals surface area (Å²) in [5, 5.41) is 0. The zero-order valence-electron chi connectivity index (χ0n) is 15.6. The molecule has 0 bridgehead atoms. The summed E-state index contributed by atoms with van der Waals surface area (Å²) in [6.45, 7) is 9.25. The molecule has 2 aliphatic heterocycles. The van der Waals surface area contributed by atoms with Crippen LogP contribution in [0.2, 0.25) is 0 Å². The monoisotopic (exact) mass is 365 g/mol. The van der Waals surface area contributed by atoms with E-state index in [9.17, 15) is 8.42 Å². The average Bonchev–Trinajstić information content (AvgIpc) is 2.76. The summed E-state index contributed by atoms with van der Waals surface area (Å²) < 4.78 is 39.4. The second kappa shape index (κ2) is 6.69. The van der Waals surface area contributed by atoms with Crippen molar-refractivity contribution in [1.29, 1.82) is 0 Å². The first-order valence-electron chi connectivity index (χ1n) is 9.09. The zero-order valence-corrected chi connectivity index (χ0v) is 16.4. The lowest BCUT2D eigenvalue weighted by atomic mass is 9.79. The van der Waals surface area contributed by atoms with E-state index in [0.29, 0.717) is 18.0 Å². The first-order chi connectivity index (χ1) is 11.6. The molecular weight excluding hydrogens is 337 g/mol. The van der Waals surface area contributed by atoms with Gasteiger partial charge in [0.25, 0.3) is 0 Å². The Morgan fingerprint density at radius 2 is 1.36 bits per heavy atom. The van der Waals surface area contributed by atoms with Gasteiger partial charge in [-0.2, -0.15) is 4.31 Å². The Labute approximate surface area is 151 Å². The van der Waals surface area contributed by atoms with Crippen molar-refractivity contribution in [2.45, 2.75) is 69.5 Å². The number of hydrogen-bond acceptors (Lipinski definition) is 4. The van der Waals surface area contributed by atoms with Crippen molar-refractivity contribution in [2.24, 2.45) is 0 Å². The molecule has 5 nitrogen and oxygen atoms in total. The van der Waals surface area contributed by atoms with Gasteiger partial charge in [-0.3, -0.25) is 0 Å². The van der Waals surface area contributed by atoms with Crippen LogP contribution in [0.5, 0.6) is 0 Å². The van der Waals surface area contributed by atoms with E-state index in [-0.39, 0.29) is 0 Å². The maximum Gasteiger partial charge on any atom is 0.494 e. The van der Waals surface area contributed by atoms with E-state index in [1.807, 2.05) is 27.7 Å². The minimum Gasteiger partial charge on any atom is -0.399 e. The Balaban J connectivity index is 1.78. The van der Waals surface area contributed by atoms with Gasteiger partial charge in [0.2, 0.25) is 10.0 Å². The van der Waals surface area contributed by atoms with Gasteiger partial charge in [-0.05, 0) is 58.1 Å². The number of rotatable bonds is 3. The normalized spacial score (nSPS) is 24.2. The van der Waals surface area contributed by atoms with Crippen molar-refractivity contribution in [3.05, 3.63) is 24.3 Å². The molecule has 0 atom stereocenters. The maximum atomic E-state index is 12.8. The molecule has 0 spiro atoms. The van der Waals surface area contributed by atoms with Crippen molar-refractivity contribution < 1.29 is 17.7 Å². The van der Waals surface area contributed by atoms with Crippen LogP contribution < -0.4 is 5.46 Å². The molecule has 25 heavy (non-hydrogen) atoms. The number of nitrogens with zero attached hydrogens (tertiary/aromatic N) is 1. The Morgan fingerprint density at radius 1 is 0.880 bits per heavy atom. The van der Waals surface area contributed by atoms with Crippen molar-refractivity contribution in [1.82, 2.24) is 4.31 Å². The minimum absolute atomic E-state index is 0.342. The molecule has 2 fully saturated rings. The highest BCUT2D eigenvalue weighted by molar-refractivity contribution is 7.89. The Bertz CT molecular complexity index is 691. The van der Waals surface area contributed by atoms with Crippen LogP contribution in [0.15, 0.2) is 29.2 Å². The van der Waals surface area contributed by atoms with Gasteiger partial charge in [0, 0.05) is 13.1 Å². The SMILES string of the molecule is CC1(C)OB(c2ccc(S(=O)(=O)N3CCCCCC3)cc2)OC1(C)C. The molecule has 0 saturated carbocycles. The molecular formula is C18H28BNO4S. The van der Waals surface area contributed by atoms with Crippen LogP contribution in [-0.4, -0.2) is 44.1 Å². The van der Waals surface area contributed by atoms with Crippen LogP contribution in [0, 0.1) is 0 Å². The molecule has 0 radical (unpaired) electrons. The van der Waals surface area contributed by atoms with E-state index in [4.69, 9.17) is 9.31 Å². The largest absolute Gasteiger partial charge is 0.494 e. The van der Waals surface area contributed by atoms with E-state index in [0.717, 1.165) is 31.1 Å². The molecule has 138 valence electrons. The Kier molecular flexibility index (Phi) is 5.05. The summed E-state index contributed by atoms with van der Waals surface area (Å²) in [5.74, 6) is 0. The van der Waals surface area contributed by atoms with Gasteiger partial charge in [-0.25, -0.2) is 8.42 Å². The van der Waals surface area contributed by atoms with Gasteiger partial charge in [-0.15, -0.1) is 0 Å². The highest BCUT2D eigenvalue weighted by atomic mass is 32.2. The van der Waals surface area contributed by atoms with Crippen LogP contribution in [-0.2, 0) is 19.3 Å². The molecule has 2 heterocycles. The molecule has 3 rings (SSSR count). The molecule has 7 heteroatoms. The second-order valence-corrected chi connectivity index (χ2v) is 9.91. The molecule has 0 unspecified atom stereocenters. The lowest BCUT2D eigenvalue weighted by Crippen LogP contribution is -2.41. The Hall–Kier alpha value is -0.885. The summed E-state index contributed by atoms with van der Waals surface area (Å²) in [6, 6.07) is 6.93. The van der Waals surface area contributed by atoms with Gasteiger partial charge >= 0.3 is 7.12 Å². The van der Waals surface area contributed by atoms with E-state index < -0.39 is 28.3 Å². The molecule has 2 aliphatic rings. The van der Waals surface area contributed by atoms with Crippen molar-refractivity contribution >= 4 is 22.6 Å². The van der Waals surface area contributed by atoms with Gasteiger partial charge in [0.05, 0.1) is 16.1 Å². The second-order valence-electron chi connectivity index (χ2n) is 7.98. The van der Waals surface area contributed by atoms with Crippen LogP contribution in [0.4, 0.5) is 0 Å². The summed E-state index contributed by atoms with van der Waals surface area (Å²) >= 11 is 0. The van der Waals surface area contributed by atoms with E-state index in [1.165, 1.54) is 0 Å². The molecule has 2 saturated heterocycles. The highest BCUT2D eigenvalue weighted by Gasteiger charge is 2.51. The lowest BCUT2D eigenvalue weighted by molar-refractivity contribution is 0.00578. The van der Waals surface area contributed by atoms with Crippen LogP contribution in [0.3, 0.4) is 0 Å². The fourth-order valence-electron chi connectivity index (χ4n) is 3.21. The van der Waals surface area contributed by atoms with E-state index in [1.54, 1.807) is 28.6 Å². The van der Waals surface area contributed by atoms with Crippen molar-refractivity contribution in [3.63, 3.8) is 0 Å². The molecule has 0 amide bonds. The van der Waals surface area contributed by atoms with Gasteiger partial charge in [-0.1, -0.05) is 25.0 Å². The predicted molar refractivity (Wildman–Crippen MR) is 99.4 cm³/mol. The van der Waals surface area contributed by atoms with Gasteiger partial charge < -0.3 is 9.31 Å². The topological polar surface area (TPSA) is 55.8 Å². The lowest BCUT2D eigenvalue weighted by Gasteiger charge is -2.32. The quantitative estimate of drug-likeness (QED) is 0.773. The molecule has 1 aromatic carbocycles. The summed E-state index contributed by atoms with van der Waals surface area (Å²) in [4.78, 5) is 0.342. The zero-order chi connectivity index (χ0) is 18.3.